The van der Waals surface area contributed by atoms with Crippen molar-refractivity contribution in [1.82, 2.24) is 0 Å². The van der Waals surface area contributed by atoms with Crippen molar-refractivity contribution in [2.45, 2.75) is 64.0 Å². The van der Waals surface area contributed by atoms with Gasteiger partial charge in [0, 0.05) is 5.92 Å². The summed E-state index contributed by atoms with van der Waals surface area (Å²) in [6.07, 6.45) is -13.3. The SMILES string of the molecule is CCC(C)C(O)OCC(=O)OC(C)(C)C(O)(C(F)(F)F)C(F)(F)F. The van der Waals surface area contributed by atoms with Crippen molar-refractivity contribution in [3.63, 3.8) is 0 Å². The van der Waals surface area contributed by atoms with Crippen molar-refractivity contribution in [2.24, 2.45) is 5.92 Å². The predicted octanol–water partition coefficient (Wildman–Crippen LogP) is 2.55. The summed E-state index contributed by atoms with van der Waals surface area (Å²) in [6, 6.07) is 0. The van der Waals surface area contributed by atoms with Crippen LogP contribution < -0.4 is 0 Å². The lowest BCUT2D eigenvalue weighted by atomic mass is 9.84. The van der Waals surface area contributed by atoms with Gasteiger partial charge in [0.05, 0.1) is 0 Å². The molecule has 2 N–H and O–H groups in total. The third-order valence-electron chi connectivity index (χ3n) is 3.56. The van der Waals surface area contributed by atoms with Crippen LogP contribution >= 0.6 is 0 Å². The van der Waals surface area contributed by atoms with Crippen molar-refractivity contribution in [3.8, 4) is 0 Å². The molecule has 0 aliphatic heterocycles. The van der Waals surface area contributed by atoms with Crippen LogP contribution in [-0.4, -0.2) is 52.6 Å². The van der Waals surface area contributed by atoms with Gasteiger partial charge in [-0.2, -0.15) is 26.3 Å². The Bertz CT molecular complexity index is 418. The van der Waals surface area contributed by atoms with Gasteiger partial charge in [-0.15, -0.1) is 0 Å². The topological polar surface area (TPSA) is 76.0 Å². The van der Waals surface area contributed by atoms with Gasteiger partial charge in [0.1, 0.15) is 6.61 Å². The molecule has 5 nitrogen and oxygen atoms in total. The fourth-order valence-corrected chi connectivity index (χ4v) is 1.75. The normalized spacial score (nSPS) is 16.7. The Balaban J connectivity index is 5.20. The summed E-state index contributed by atoms with van der Waals surface area (Å²) in [4.78, 5) is 11.5. The molecule has 0 aliphatic rings. The molecule has 2 unspecified atom stereocenters. The second-order valence-electron chi connectivity index (χ2n) is 5.78. The van der Waals surface area contributed by atoms with E-state index in [-0.39, 0.29) is 13.8 Å². The van der Waals surface area contributed by atoms with Crippen molar-refractivity contribution >= 4 is 5.97 Å². The molecule has 0 saturated carbocycles. The summed E-state index contributed by atoms with van der Waals surface area (Å²) >= 11 is 0. The summed E-state index contributed by atoms with van der Waals surface area (Å²) in [7, 11) is 0. The average Bonchev–Trinajstić information content (AvgIpc) is 2.39. The minimum atomic E-state index is -6.15. The number of aliphatic hydroxyl groups excluding tert-OH is 1. The lowest BCUT2D eigenvalue weighted by Gasteiger charge is -2.43. The number of hydrogen-bond donors (Lipinski definition) is 2. The largest absolute Gasteiger partial charge is 0.454 e. The van der Waals surface area contributed by atoms with Crippen LogP contribution in [0.25, 0.3) is 0 Å². The maximum absolute atomic E-state index is 12.8. The Labute approximate surface area is 134 Å². The lowest BCUT2D eigenvalue weighted by molar-refractivity contribution is -0.407. The van der Waals surface area contributed by atoms with E-state index in [4.69, 9.17) is 0 Å². The number of aliphatic hydroxyl groups is 2. The highest BCUT2D eigenvalue weighted by Crippen LogP contribution is 2.50. The molecule has 0 aliphatic carbocycles. The zero-order valence-corrected chi connectivity index (χ0v) is 13.5. The van der Waals surface area contributed by atoms with Gasteiger partial charge in [-0.25, -0.2) is 4.79 Å². The summed E-state index contributed by atoms with van der Waals surface area (Å²) in [5.74, 6) is -2.03. The monoisotopic (exact) mass is 370 g/mol. The summed E-state index contributed by atoms with van der Waals surface area (Å²) in [6.45, 7) is 2.70. The molecule has 0 heterocycles. The van der Waals surface area contributed by atoms with Crippen LogP contribution in [0.5, 0.6) is 0 Å². The minimum absolute atomic E-state index is 0.275. The number of carbonyl (C=O) groups excluding carboxylic acids is 1. The molecule has 0 aromatic carbocycles. The van der Waals surface area contributed by atoms with Gasteiger partial charge in [0.2, 0.25) is 0 Å². The van der Waals surface area contributed by atoms with Crippen LogP contribution in [-0.2, 0) is 14.3 Å². The Hall–Kier alpha value is -1.07. The van der Waals surface area contributed by atoms with E-state index in [1.165, 1.54) is 0 Å². The zero-order valence-electron chi connectivity index (χ0n) is 13.5. The third kappa shape index (κ3) is 4.73. The summed E-state index contributed by atoms with van der Waals surface area (Å²) in [5, 5.41) is 18.7. The van der Waals surface area contributed by atoms with E-state index in [0.29, 0.717) is 6.42 Å². The van der Waals surface area contributed by atoms with E-state index in [9.17, 15) is 41.4 Å². The van der Waals surface area contributed by atoms with E-state index in [0.717, 1.165) is 0 Å². The first kappa shape index (κ1) is 22.9. The molecule has 24 heavy (non-hydrogen) atoms. The van der Waals surface area contributed by atoms with E-state index in [2.05, 4.69) is 9.47 Å². The number of halogens is 6. The van der Waals surface area contributed by atoms with E-state index in [1.54, 1.807) is 13.8 Å². The minimum Gasteiger partial charge on any atom is -0.454 e. The summed E-state index contributed by atoms with van der Waals surface area (Å²) < 4.78 is 85.5. The molecular weight excluding hydrogens is 350 g/mol. The maximum Gasteiger partial charge on any atom is 0.430 e. The highest BCUT2D eigenvalue weighted by molar-refractivity contribution is 5.71. The van der Waals surface area contributed by atoms with Crippen molar-refractivity contribution in [1.29, 1.82) is 0 Å². The quantitative estimate of drug-likeness (QED) is 0.409. The van der Waals surface area contributed by atoms with Gasteiger partial charge in [-0.3, -0.25) is 0 Å². The second-order valence-corrected chi connectivity index (χ2v) is 5.78. The zero-order chi connectivity index (χ0) is 19.6. The lowest BCUT2D eigenvalue weighted by Crippen LogP contribution is -2.70. The van der Waals surface area contributed by atoms with Gasteiger partial charge < -0.3 is 19.7 Å². The molecule has 144 valence electrons. The van der Waals surface area contributed by atoms with Crippen LogP contribution in [0, 0.1) is 5.92 Å². The van der Waals surface area contributed by atoms with Crippen molar-refractivity contribution in [2.75, 3.05) is 6.61 Å². The fraction of sp³-hybridized carbons (Fsp3) is 0.923. The van der Waals surface area contributed by atoms with Crippen LogP contribution in [0.3, 0.4) is 0 Å². The number of esters is 1. The van der Waals surface area contributed by atoms with Gasteiger partial charge in [-0.1, -0.05) is 13.8 Å². The molecular formula is C13H20F6O5. The number of alkyl halides is 6. The predicted molar refractivity (Wildman–Crippen MR) is 68.6 cm³/mol. The first-order chi connectivity index (χ1) is 10.5. The first-order valence-corrected chi connectivity index (χ1v) is 6.88. The maximum atomic E-state index is 12.8. The van der Waals surface area contributed by atoms with Gasteiger partial charge in [0.15, 0.2) is 11.9 Å². The molecule has 0 bridgehead atoms. The standard InChI is InChI=1S/C13H20F6O5/c1-5-7(2)9(21)23-6-8(20)24-10(3,4)11(22,12(14,15)16)13(17,18)19/h7,9,21-22H,5-6H2,1-4H3. The molecule has 0 amide bonds. The number of ether oxygens (including phenoxy) is 2. The average molecular weight is 370 g/mol. The molecule has 0 rings (SSSR count). The molecule has 2 atom stereocenters. The third-order valence-corrected chi connectivity index (χ3v) is 3.56. The van der Waals surface area contributed by atoms with Crippen LogP contribution in [0.2, 0.25) is 0 Å². The molecule has 0 radical (unpaired) electrons. The Kier molecular flexibility index (Phi) is 7.11. The number of rotatable bonds is 7. The van der Waals surface area contributed by atoms with Crippen molar-refractivity contribution in [3.05, 3.63) is 0 Å². The van der Waals surface area contributed by atoms with Crippen LogP contribution in [0.4, 0.5) is 26.3 Å². The Morgan fingerprint density at radius 1 is 1.08 bits per heavy atom. The molecule has 11 heteroatoms. The fourth-order valence-electron chi connectivity index (χ4n) is 1.75. The van der Waals surface area contributed by atoms with Crippen LogP contribution in [0.1, 0.15) is 34.1 Å². The first-order valence-electron chi connectivity index (χ1n) is 6.88. The Morgan fingerprint density at radius 2 is 1.50 bits per heavy atom. The second kappa shape index (κ2) is 7.44. The van der Waals surface area contributed by atoms with Crippen LogP contribution in [0.15, 0.2) is 0 Å². The number of carbonyl (C=O) groups is 1. The van der Waals surface area contributed by atoms with Gasteiger partial charge in [0.25, 0.3) is 5.60 Å². The highest BCUT2D eigenvalue weighted by atomic mass is 19.4. The van der Waals surface area contributed by atoms with E-state index in [1.807, 2.05) is 0 Å². The number of hydrogen-bond acceptors (Lipinski definition) is 5. The summed E-state index contributed by atoms with van der Waals surface area (Å²) in [5.41, 5.74) is -8.66. The smallest absolute Gasteiger partial charge is 0.430 e. The van der Waals surface area contributed by atoms with Crippen molar-refractivity contribution < 1.29 is 50.8 Å². The van der Waals surface area contributed by atoms with Gasteiger partial charge >= 0.3 is 18.3 Å². The molecule has 0 spiro atoms. The van der Waals surface area contributed by atoms with E-state index >= 15 is 0 Å². The van der Waals surface area contributed by atoms with E-state index < -0.39 is 48.3 Å². The molecule has 0 fully saturated rings. The Morgan fingerprint density at radius 3 is 1.83 bits per heavy atom. The highest BCUT2D eigenvalue weighted by Gasteiger charge is 2.78. The van der Waals surface area contributed by atoms with Gasteiger partial charge in [-0.05, 0) is 20.3 Å². The molecule has 0 aromatic heterocycles. The molecule has 0 saturated heterocycles. The molecule has 0 aromatic rings.